The van der Waals surface area contributed by atoms with Crippen LogP contribution < -0.4 is 9.62 Å². The van der Waals surface area contributed by atoms with Crippen molar-refractivity contribution in [3.8, 4) is 0 Å². The first-order chi connectivity index (χ1) is 15.9. The molecule has 0 saturated carbocycles. The summed E-state index contributed by atoms with van der Waals surface area (Å²) in [4.78, 5) is 37.9. The highest BCUT2D eigenvalue weighted by Crippen LogP contribution is 2.23. The Morgan fingerprint density at radius 3 is 2.26 bits per heavy atom. The van der Waals surface area contributed by atoms with Crippen LogP contribution in [0.15, 0.2) is 54.6 Å². The summed E-state index contributed by atoms with van der Waals surface area (Å²) < 4.78 is 25.8. The van der Waals surface area contributed by atoms with Crippen LogP contribution in [-0.4, -0.2) is 61.5 Å². The van der Waals surface area contributed by atoms with Crippen molar-refractivity contribution in [2.45, 2.75) is 39.3 Å². The Kier molecular flexibility index (Phi) is 9.13. The number of nitrogens with one attached hydrogen (secondary N) is 1. The number of hydrogen-bond donors (Lipinski definition) is 1. The molecule has 0 aliphatic rings. The third kappa shape index (κ3) is 7.55. The molecule has 0 aromatic heterocycles. The average Bonchev–Trinajstić information content (AvgIpc) is 2.77. The van der Waals surface area contributed by atoms with Gasteiger partial charge in [-0.2, -0.15) is 0 Å². The van der Waals surface area contributed by atoms with E-state index in [1.165, 1.54) is 23.1 Å². The Morgan fingerprint density at radius 1 is 1.06 bits per heavy atom. The first-order valence-corrected chi connectivity index (χ1v) is 12.6. The number of carbonyl (C=O) groups excluding carboxylic acids is 2. The Labute approximate surface area is 199 Å². The Bertz CT molecular complexity index is 1120. The van der Waals surface area contributed by atoms with E-state index in [1.54, 1.807) is 20.8 Å². The van der Waals surface area contributed by atoms with Gasteiger partial charge in [-0.3, -0.25) is 24.0 Å². The van der Waals surface area contributed by atoms with Crippen molar-refractivity contribution < 1.29 is 22.9 Å². The number of benzene rings is 2. The van der Waals surface area contributed by atoms with Crippen LogP contribution in [0.4, 0.5) is 11.4 Å². The topological polar surface area (TPSA) is 130 Å². The van der Waals surface area contributed by atoms with Crippen LogP contribution in [0.2, 0.25) is 0 Å². The smallest absolute Gasteiger partial charge is 0.271 e. The van der Waals surface area contributed by atoms with E-state index in [-0.39, 0.29) is 29.9 Å². The zero-order valence-corrected chi connectivity index (χ0v) is 20.5. The lowest BCUT2D eigenvalue weighted by atomic mass is 10.1. The van der Waals surface area contributed by atoms with Gasteiger partial charge in [0.2, 0.25) is 21.8 Å². The van der Waals surface area contributed by atoms with Gasteiger partial charge in [0.25, 0.3) is 5.69 Å². The van der Waals surface area contributed by atoms with Crippen molar-refractivity contribution in [3.05, 3.63) is 70.3 Å². The van der Waals surface area contributed by atoms with E-state index in [1.807, 2.05) is 30.3 Å². The minimum atomic E-state index is -3.96. The average molecular weight is 491 g/mol. The lowest BCUT2D eigenvalue weighted by Crippen LogP contribution is -2.53. The van der Waals surface area contributed by atoms with Crippen LogP contribution in [0.3, 0.4) is 0 Å². The summed E-state index contributed by atoms with van der Waals surface area (Å²) >= 11 is 0. The molecule has 0 saturated heterocycles. The van der Waals surface area contributed by atoms with Crippen molar-refractivity contribution >= 4 is 33.2 Å². The fourth-order valence-corrected chi connectivity index (χ4v) is 4.19. The maximum atomic E-state index is 13.4. The molecule has 0 radical (unpaired) electrons. The van der Waals surface area contributed by atoms with Crippen molar-refractivity contribution in [2.24, 2.45) is 0 Å². The number of nitrogens with zero attached hydrogens (tertiary/aromatic N) is 3. The van der Waals surface area contributed by atoms with Crippen LogP contribution in [0.5, 0.6) is 0 Å². The zero-order valence-electron chi connectivity index (χ0n) is 19.7. The third-order valence-electron chi connectivity index (χ3n) is 5.09. The fraction of sp³-hybridized carbons (Fsp3) is 0.391. The van der Waals surface area contributed by atoms with Crippen molar-refractivity contribution in [3.63, 3.8) is 0 Å². The van der Waals surface area contributed by atoms with E-state index in [9.17, 15) is 28.1 Å². The van der Waals surface area contributed by atoms with Crippen molar-refractivity contribution in [2.75, 3.05) is 23.7 Å². The lowest BCUT2D eigenvalue weighted by molar-refractivity contribution is -0.384. The Morgan fingerprint density at radius 2 is 1.71 bits per heavy atom. The molecule has 2 amide bonds. The van der Waals surface area contributed by atoms with Crippen molar-refractivity contribution in [1.29, 1.82) is 0 Å². The molecular weight excluding hydrogens is 460 g/mol. The Balaban J connectivity index is 2.35. The SMILES string of the molecule is CC(C)NC(=O)[C@@H](C)N(CCc1ccccc1)C(=O)CN(c1cccc([N+](=O)[O-])c1)S(C)(=O)=O. The molecule has 2 aromatic carbocycles. The molecule has 1 N–H and O–H groups in total. The molecule has 10 nitrogen and oxygen atoms in total. The van der Waals surface area contributed by atoms with Crippen molar-refractivity contribution in [1.82, 2.24) is 10.2 Å². The molecule has 0 spiro atoms. The predicted molar refractivity (Wildman–Crippen MR) is 130 cm³/mol. The Hall–Kier alpha value is -3.47. The highest BCUT2D eigenvalue weighted by atomic mass is 32.2. The van der Waals surface area contributed by atoms with Crippen LogP contribution in [-0.2, 0) is 26.0 Å². The molecule has 0 heterocycles. The second-order valence-electron chi connectivity index (χ2n) is 8.21. The molecule has 1 atom stereocenters. The normalized spacial score (nSPS) is 12.1. The lowest BCUT2D eigenvalue weighted by Gasteiger charge is -2.31. The molecule has 11 heteroatoms. The number of amides is 2. The summed E-state index contributed by atoms with van der Waals surface area (Å²) in [7, 11) is -3.96. The maximum absolute atomic E-state index is 13.4. The summed E-state index contributed by atoms with van der Waals surface area (Å²) in [6.07, 6.45) is 1.38. The summed E-state index contributed by atoms with van der Waals surface area (Å²) in [5.41, 5.74) is 0.645. The second-order valence-corrected chi connectivity index (χ2v) is 10.1. The van der Waals surface area contributed by atoms with E-state index in [2.05, 4.69) is 5.32 Å². The third-order valence-corrected chi connectivity index (χ3v) is 6.23. The number of nitro benzene ring substituents is 1. The molecule has 0 unspecified atom stereocenters. The molecule has 0 bridgehead atoms. The number of non-ortho nitro benzene ring substituents is 1. The van der Waals surface area contributed by atoms with E-state index in [4.69, 9.17) is 0 Å². The van der Waals surface area contributed by atoms with Crippen LogP contribution in [0.25, 0.3) is 0 Å². The summed E-state index contributed by atoms with van der Waals surface area (Å²) in [6, 6.07) is 13.5. The molecular formula is C23H30N4O6S. The molecule has 0 aliphatic carbocycles. The van der Waals surface area contributed by atoms with Gasteiger partial charge in [-0.15, -0.1) is 0 Å². The van der Waals surface area contributed by atoms with Gasteiger partial charge in [-0.25, -0.2) is 8.42 Å². The molecule has 0 aliphatic heterocycles. The van der Waals surface area contributed by atoms with Gasteiger partial charge in [-0.1, -0.05) is 36.4 Å². The number of carbonyl (C=O) groups is 2. The highest BCUT2D eigenvalue weighted by molar-refractivity contribution is 7.92. The number of nitro groups is 1. The predicted octanol–water partition coefficient (Wildman–Crippen LogP) is 2.35. The van der Waals surface area contributed by atoms with E-state index >= 15 is 0 Å². The molecule has 34 heavy (non-hydrogen) atoms. The first kappa shape index (κ1) is 26.8. The van der Waals surface area contributed by atoms with Crippen LogP contribution >= 0.6 is 0 Å². The quantitative estimate of drug-likeness (QED) is 0.380. The van der Waals surface area contributed by atoms with Gasteiger partial charge in [0, 0.05) is 24.7 Å². The standard InChI is InChI=1S/C23H30N4O6S/c1-17(2)24-23(29)18(3)25(14-13-19-9-6-5-7-10-19)22(28)16-26(34(4,32)33)20-11-8-12-21(15-20)27(30)31/h5-12,15,17-18H,13-14,16H2,1-4H3,(H,24,29)/t18-/m1/s1. The fourth-order valence-electron chi connectivity index (χ4n) is 3.35. The summed E-state index contributed by atoms with van der Waals surface area (Å²) in [5.74, 6) is -0.961. The van der Waals surface area contributed by atoms with Crippen LogP contribution in [0.1, 0.15) is 26.3 Å². The first-order valence-electron chi connectivity index (χ1n) is 10.8. The van der Waals surface area contributed by atoms with Gasteiger partial charge >= 0.3 is 0 Å². The van der Waals surface area contributed by atoms with E-state index in [0.29, 0.717) is 6.42 Å². The monoisotopic (exact) mass is 490 g/mol. The maximum Gasteiger partial charge on any atom is 0.271 e. The minimum absolute atomic E-state index is 0.00709. The summed E-state index contributed by atoms with van der Waals surface area (Å²) in [5, 5.41) is 13.9. The highest BCUT2D eigenvalue weighted by Gasteiger charge is 2.30. The molecule has 0 fully saturated rings. The van der Waals surface area contributed by atoms with Gasteiger partial charge in [0.05, 0.1) is 16.9 Å². The van der Waals surface area contributed by atoms with E-state index in [0.717, 1.165) is 22.2 Å². The minimum Gasteiger partial charge on any atom is -0.352 e. The zero-order chi connectivity index (χ0) is 25.5. The number of hydrogen-bond acceptors (Lipinski definition) is 6. The van der Waals surface area contributed by atoms with Crippen LogP contribution in [0, 0.1) is 10.1 Å². The second kappa shape index (κ2) is 11.6. The van der Waals surface area contributed by atoms with Gasteiger partial charge < -0.3 is 10.2 Å². The molecule has 2 rings (SSSR count). The van der Waals surface area contributed by atoms with Gasteiger partial charge in [0.15, 0.2) is 0 Å². The van der Waals surface area contributed by atoms with Gasteiger partial charge in [-0.05, 0) is 38.8 Å². The number of sulfonamides is 1. The molecule has 2 aromatic rings. The largest absolute Gasteiger partial charge is 0.352 e. The summed E-state index contributed by atoms with van der Waals surface area (Å²) in [6.45, 7) is 4.76. The van der Waals surface area contributed by atoms with Gasteiger partial charge in [0.1, 0.15) is 12.6 Å². The number of anilines is 1. The number of rotatable bonds is 11. The molecule has 184 valence electrons. The van der Waals surface area contributed by atoms with E-state index < -0.39 is 33.4 Å².